The topological polar surface area (TPSA) is 106 Å². The van der Waals surface area contributed by atoms with E-state index in [4.69, 9.17) is 9.72 Å². The van der Waals surface area contributed by atoms with Gasteiger partial charge in [0, 0.05) is 38.1 Å². The number of nitrogens with zero attached hydrogens (tertiary/aromatic N) is 4. The van der Waals surface area contributed by atoms with Crippen LogP contribution in [0.1, 0.15) is 13.8 Å². The molecule has 0 aliphatic carbocycles. The molecule has 0 amide bonds. The molecule has 3 aromatic rings. The van der Waals surface area contributed by atoms with E-state index in [0.29, 0.717) is 24.3 Å². The molecule has 9 nitrogen and oxygen atoms in total. The van der Waals surface area contributed by atoms with Crippen molar-refractivity contribution in [2.75, 3.05) is 49.5 Å². The molecule has 0 spiro atoms. The van der Waals surface area contributed by atoms with Gasteiger partial charge in [-0.2, -0.15) is 0 Å². The fourth-order valence-electron chi connectivity index (χ4n) is 3.27. The van der Waals surface area contributed by atoms with E-state index in [2.05, 4.69) is 10.3 Å². The van der Waals surface area contributed by atoms with Crippen LogP contribution in [0.2, 0.25) is 0 Å². The smallest absolute Gasteiger partial charge is 0.295 e. The van der Waals surface area contributed by atoms with Gasteiger partial charge in [-0.1, -0.05) is 12.1 Å². The molecule has 10 heteroatoms. The van der Waals surface area contributed by atoms with Gasteiger partial charge in [0.2, 0.25) is 0 Å². The minimum Gasteiger partial charge on any atom is -0.378 e. The Bertz CT molecular complexity index is 1270. The lowest BCUT2D eigenvalue weighted by Gasteiger charge is -2.15. The Morgan fingerprint density at radius 3 is 2.39 bits per heavy atom. The highest BCUT2D eigenvalue weighted by Gasteiger charge is 2.14. The number of hydrogen-bond acceptors (Lipinski definition) is 8. The van der Waals surface area contributed by atoms with E-state index in [0.717, 1.165) is 23.2 Å². The summed E-state index contributed by atoms with van der Waals surface area (Å²) in [5, 5.41) is 2.87. The minimum absolute atomic E-state index is 0.0277. The van der Waals surface area contributed by atoms with Crippen LogP contribution in [0.5, 0.6) is 0 Å². The second-order valence-corrected chi connectivity index (χ2v) is 10.6. The number of aromatic nitrogens is 3. The van der Waals surface area contributed by atoms with Gasteiger partial charge in [0.1, 0.15) is 15.4 Å². The van der Waals surface area contributed by atoms with Gasteiger partial charge in [-0.05, 0) is 38.1 Å². The highest BCUT2D eigenvalue weighted by molar-refractivity contribution is 7.90. The number of nitrogens with one attached hydrogen (secondary N) is 1. The van der Waals surface area contributed by atoms with Gasteiger partial charge in [0.25, 0.3) is 5.56 Å². The summed E-state index contributed by atoms with van der Waals surface area (Å²) in [5.74, 6) is 0.00327. The fourth-order valence-corrected chi connectivity index (χ4v) is 3.74. The van der Waals surface area contributed by atoms with Crippen molar-refractivity contribution in [1.29, 1.82) is 0 Å². The van der Waals surface area contributed by atoms with Crippen LogP contribution in [-0.2, 0) is 21.1 Å². The number of pyridine rings is 1. The van der Waals surface area contributed by atoms with Gasteiger partial charge in [0.15, 0.2) is 11.5 Å². The van der Waals surface area contributed by atoms with Crippen LogP contribution in [0.3, 0.4) is 0 Å². The number of benzene rings is 1. The Morgan fingerprint density at radius 2 is 1.79 bits per heavy atom. The first-order valence-electron chi connectivity index (χ1n) is 10.8. The molecule has 33 heavy (non-hydrogen) atoms. The summed E-state index contributed by atoms with van der Waals surface area (Å²) in [6, 6.07) is 11.7. The summed E-state index contributed by atoms with van der Waals surface area (Å²) >= 11 is 0. The number of sulfone groups is 1. The molecule has 1 N–H and O–H groups in total. The molecule has 0 aliphatic heterocycles. The van der Waals surface area contributed by atoms with E-state index < -0.39 is 9.84 Å². The van der Waals surface area contributed by atoms with Gasteiger partial charge >= 0.3 is 0 Å². The van der Waals surface area contributed by atoms with Crippen LogP contribution in [-0.4, -0.2) is 68.3 Å². The monoisotopic (exact) mass is 473 g/mol. The second kappa shape index (κ2) is 10.3. The molecule has 0 fully saturated rings. The molecular formula is C23H31N5O4S. The van der Waals surface area contributed by atoms with Gasteiger partial charge in [-0.3, -0.25) is 9.36 Å². The summed E-state index contributed by atoms with van der Waals surface area (Å²) < 4.78 is 30.1. The highest BCUT2D eigenvalue weighted by atomic mass is 32.2. The lowest BCUT2D eigenvalue weighted by atomic mass is 10.1. The summed E-state index contributed by atoms with van der Waals surface area (Å²) in [6.07, 6.45) is 1.18. The van der Waals surface area contributed by atoms with E-state index in [9.17, 15) is 13.2 Å². The predicted molar refractivity (Wildman–Crippen MR) is 133 cm³/mol. The average Bonchev–Trinajstić information content (AvgIpc) is 2.74. The van der Waals surface area contributed by atoms with Gasteiger partial charge in [-0.15, -0.1) is 0 Å². The maximum Gasteiger partial charge on any atom is 0.295 e. The van der Waals surface area contributed by atoms with Crippen molar-refractivity contribution < 1.29 is 13.2 Å². The first kappa shape index (κ1) is 24.7. The quantitative estimate of drug-likeness (QED) is 0.478. The Hall–Kier alpha value is -2.98. The van der Waals surface area contributed by atoms with Crippen molar-refractivity contribution in [3.8, 4) is 11.3 Å². The number of anilines is 2. The first-order valence-corrected chi connectivity index (χ1v) is 12.8. The van der Waals surface area contributed by atoms with Crippen LogP contribution in [0.25, 0.3) is 22.4 Å². The Labute approximate surface area is 194 Å². The standard InChI is InChI=1S/C23H31N5O4S/c1-16(2)32-14-13-28-22-20(25-21(23(28)29)24-12-15-33(5,30)31)11-10-19(26-22)17-6-8-18(9-7-17)27(3)4/h6-11,16H,12-15H2,1-5H3,(H,24,25). The maximum absolute atomic E-state index is 13.2. The molecular weight excluding hydrogens is 442 g/mol. The molecule has 0 saturated heterocycles. The number of rotatable bonds is 10. The summed E-state index contributed by atoms with van der Waals surface area (Å²) in [4.78, 5) is 24.4. The first-order chi connectivity index (χ1) is 15.5. The van der Waals surface area contributed by atoms with Gasteiger partial charge < -0.3 is 15.0 Å². The normalized spacial score (nSPS) is 11.8. The molecule has 178 valence electrons. The summed E-state index contributed by atoms with van der Waals surface area (Å²) in [5.41, 5.74) is 3.36. The highest BCUT2D eigenvalue weighted by Crippen LogP contribution is 2.23. The Kier molecular flexibility index (Phi) is 7.70. The molecule has 3 rings (SSSR count). The van der Waals surface area contributed by atoms with E-state index in [1.807, 2.05) is 69.2 Å². The molecule has 0 radical (unpaired) electrons. The van der Waals surface area contributed by atoms with E-state index in [-0.39, 0.29) is 29.8 Å². The molecule has 0 bridgehead atoms. The molecule has 2 aromatic heterocycles. The van der Waals surface area contributed by atoms with Crippen molar-refractivity contribution in [1.82, 2.24) is 14.5 Å². The largest absolute Gasteiger partial charge is 0.378 e. The third-order valence-corrected chi connectivity index (χ3v) is 5.95. The van der Waals surface area contributed by atoms with E-state index >= 15 is 0 Å². The average molecular weight is 474 g/mol. The van der Waals surface area contributed by atoms with Crippen molar-refractivity contribution in [2.45, 2.75) is 26.5 Å². The summed E-state index contributed by atoms with van der Waals surface area (Å²) in [7, 11) is 0.798. The Balaban J connectivity index is 2.02. The van der Waals surface area contributed by atoms with Crippen molar-refractivity contribution in [3.63, 3.8) is 0 Å². The number of ether oxygens (including phenoxy) is 1. The molecule has 0 unspecified atom stereocenters. The fraction of sp³-hybridized carbons (Fsp3) is 0.435. The van der Waals surface area contributed by atoms with E-state index in [1.165, 1.54) is 4.57 Å². The zero-order valence-electron chi connectivity index (χ0n) is 19.7. The van der Waals surface area contributed by atoms with Crippen LogP contribution >= 0.6 is 0 Å². The van der Waals surface area contributed by atoms with Crippen molar-refractivity contribution in [3.05, 3.63) is 46.8 Å². The molecule has 2 heterocycles. The van der Waals surface area contributed by atoms with Crippen LogP contribution in [0.4, 0.5) is 11.5 Å². The number of hydrogen-bond donors (Lipinski definition) is 1. The molecule has 0 atom stereocenters. The van der Waals surface area contributed by atoms with Crippen LogP contribution < -0.4 is 15.8 Å². The molecule has 1 aromatic carbocycles. The zero-order chi connectivity index (χ0) is 24.2. The van der Waals surface area contributed by atoms with Gasteiger partial charge in [0.05, 0.1) is 30.7 Å². The van der Waals surface area contributed by atoms with E-state index in [1.54, 1.807) is 0 Å². The third kappa shape index (κ3) is 6.52. The predicted octanol–water partition coefficient (Wildman–Crippen LogP) is 2.41. The van der Waals surface area contributed by atoms with Crippen molar-refractivity contribution >= 4 is 32.5 Å². The zero-order valence-corrected chi connectivity index (χ0v) is 20.5. The van der Waals surface area contributed by atoms with Crippen LogP contribution in [0.15, 0.2) is 41.2 Å². The summed E-state index contributed by atoms with van der Waals surface area (Å²) in [6.45, 7) is 4.59. The third-order valence-electron chi connectivity index (χ3n) is 5.00. The minimum atomic E-state index is -3.16. The number of fused-ring (bicyclic) bond motifs is 1. The SMILES string of the molecule is CC(C)OCCn1c(=O)c(NCCS(C)(=O)=O)nc2ccc(-c3ccc(N(C)C)cc3)nc21. The maximum atomic E-state index is 13.2. The lowest BCUT2D eigenvalue weighted by molar-refractivity contribution is 0.0728. The lowest BCUT2D eigenvalue weighted by Crippen LogP contribution is -2.29. The van der Waals surface area contributed by atoms with Crippen LogP contribution in [0, 0.1) is 0 Å². The molecule has 0 aliphatic rings. The van der Waals surface area contributed by atoms with Crippen molar-refractivity contribution in [2.24, 2.45) is 0 Å². The molecule has 0 saturated carbocycles. The van der Waals surface area contributed by atoms with Gasteiger partial charge in [-0.25, -0.2) is 18.4 Å². The second-order valence-electron chi connectivity index (χ2n) is 8.37. The Morgan fingerprint density at radius 1 is 1.09 bits per heavy atom.